The van der Waals surface area contributed by atoms with E-state index in [1.54, 1.807) is 13.1 Å². The van der Waals surface area contributed by atoms with E-state index in [9.17, 15) is 4.39 Å². The summed E-state index contributed by atoms with van der Waals surface area (Å²) in [5, 5.41) is 15.1. The van der Waals surface area contributed by atoms with Gasteiger partial charge in [-0.25, -0.2) is 9.38 Å². The average Bonchev–Trinajstić information content (AvgIpc) is 3.12. The Hall–Kier alpha value is -1.62. The molecule has 0 spiro atoms. The third kappa shape index (κ3) is 5.71. The first-order chi connectivity index (χ1) is 9.78. The molecule has 1 rings (SSSR count). The molecule has 4 nitrogen and oxygen atoms in total. The van der Waals surface area contributed by atoms with E-state index in [4.69, 9.17) is 5.11 Å². The number of alkyl halides is 1. The minimum atomic E-state index is -1.29. The molecule has 5 heteroatoms. The Balaban J connectivity index is 2.80. The quantitative estimate of drug-likeness (QED) is 0.573. The van der Waals surface area contributed by atoms with Gasteiger partial charge < -0.3 is 15.7 Å². The Morgan fingerprint density at radius 3 is 2.52 bits per heavy atom. The molecule has 0 aromatic heterocycles. The van der Waals surface area contributed by atoms with Gasteiger partial charge in [-0.05, 0) is 45.6 Å². The van der Waals surface area contributed by atoms with Gasteiger partial charge in [-0.3, -0.25) is 0 Å². The Morgan fingerprint density at radius 2 is 2.05 bits per heavy atom. The molecule has 0 amide bonds. The van der Waals surface area contributed by atoms with E-state index < -0.39 is 5.67 Å². The summed E-state index contributed by atoms with van der Waals surface area (Å²) in [7, 11) is 0. The minimum absolute atomic E-state index is 0.00200. The summed E-state index contributed by atoms with van der Waals surface area (Å²) in [5.74, 6) is 0.439. The molecule has 0 heterocycles. The van der Waals surface area contributed by atoms with Crippen molar-refractivity contribution in [1.82, 2.24) is 10.6 Å². The van der Waals surface area contributed by atoms with Crippen LogP contribution in [0.4, 0.5) is 4.39 Å². The van der Waals surface area contributed by atoms with Crippen LogP contribution in [0.1, 0.15) is 40.0 Å². The van der Waals surface area contributed by atoms with E-state index in [0.717, 1.165) is 5.57 Å². The molecule has 1 aliphatic rings. The summed E-state index contributed by atoms with van der Waals surface area (Å²) < 4.78 is 14.5. The van der Waals surface area contributed by atoms with Gasteiger partial charge in [-0.2, -0.15) is 0 Å². The van der Waals surface area contributed by atoms with Gasteiger partial charge in [0.15, 0.2) is 5.67 Å². The zero-order chi connectivity index (χ0) is 16.0. The molecule has 1 saturated carbocycles. The smallest absolute Gasteiger partial charge is 0.152 e. The first kappa shape index (κ1) is 17.4. The van der Waals surface area contributed by atoms with Gasteiger partial charge >= 0.3 is 0 Å². The monoisotopic (exact) mass is 295 g/mol. The third-order valence-corrected chi connectivity index (χ3v) is 3.24. The van der Waals surface area contributed by atoms with Crippen LogP contribution < -0.4 is 10.6 Å². The lowest BCUT2D eigenvalue weighted by Crippen LogP contribution is -2.34. The zero-order valence-electron chi connectivity index (χ0n) is 13.2. The average molecular weight is 295 g/mol. The lowest BCUT2D eigenvalue weighted by Gasteiger charge is -2.23. The number of nitrogens with one attached hydrogen (secondary N) is 2. The summed E-state index contributed by atoms with van der Waals surface area (Å²) in [4.78, 5) is 4.11. The highest BCUT2D eigenvalue weighted by atomic mass is 19.1. The fourth-order valence-electron chi connectivity index (χ4n) is 1.94. The Morgan fingerprint density at radius 1 is 1.43 bits per heavy atom. The van der Waals surface area contributed by atoms with Gasteiger partial charge in [0.2, 0.25) is 0 Å². The molecule has 1 fully saturated rings. The van der Waals surface area contributed by atoms with Crippen LogP contribution in [0, 0.1) is 0 Å². The number of halogens is 1. The number of aliphatic hydroxyl groups is 1. The number of aliphatic imine (C=N–C) groups is 1. The molecule has 3 N–H and O–H groups in total. The number of aliphatic hydroxyl groups excluding tert-OH is 1. The second-order valence-electron chi connectivity index (χ2n) is 5.70. The SMILES string of the molecule is C=C(C)/C=N\C(=C)N/C(C)=C(/NC(C)CCO)C1(F)CC1. The molecule has 118 valence electrons. The number of nitrogens with zero attached hydrogens (tertiary/aromatic N) is 1. The van der Waals surface area contributed by atoms with Crippen molar-refractivity contribution in [3.05, 3.63) is 35.9 Å². The predicted octanol–water partition coefficient (Wildman–Crippen LogP) is 2.79. The molecule has 0 bridgehead atoms. The van der Waals surface area contributed by atoms with E-state index >= 15 is 0 Å². The topological polar surface area (TPSA) is 56.7 Å². The molecule has 0 aliphatic heterocycles. The highest BCUT2D eigenvalue weighted by Gasteiger charge is 2.48. The van der Waals surface area contributed by atoms with E-state index in [1.807, 2.05) is 13.8 Å². The van der Waals surface area contributed by atoms with Crippen molar-refractivity contribution in [2.24, 2.45) is 4.99 Å². The van der Waals surface area contributed by atoms with Crippen LogP contribution in [-0.2, 0) is 0 Å². The fourth-order valence-corrected chi connectivity index (χ4v) is 1.94. The predicted molar refractivity (Wildman–Crippen MR) is 85.7 cm³/mol. The van der Waals surface area contributed by atoms with Crippen LogP contribution >= 0.6 is 0 Å². The summed E-state index contributed by atoms with van der Waals surface area (Å²) in [6, 6.07) is 0.00200. The Bertz CT molecular complexity index is 464. The summed E-state index contributed by atoms with van der Waals surface area (Å²) >= 11 is 0. The maximum absolute atomic E-state index is 14.5. The van der Waals surface area contributed by atoms with Crippen molar-refractivity contribution in [2.75, 3.05) is 6.61 Å². The van der Waals surface area contributed by atoms with Gasteiger partial charge in [0, 0.05) is 24.6 Å². The van der Waals surface area contributed by atoms with Crippen LogP contribution in [0.15, 0.2) is 40.9 Å². The maximum Gasteiger partial charge on any atom is 0.152 e. The van der Waals surface area contributed by atoms with E-state index in [2.05, 4.69) is 28.8 Å². The van der Waals surface area contributed by atoms with Crippen molar-refractivity contribution in [2.45, 2.75) is 51.7 Å². The zero-order valence-corrected chi connectivity index (χ0v) is 13.2. The first-order valence-electron chi connectivity index (χ1n) is 7.21. The van der Waals surface area contributed by atoms with Crippen molar-refractivity contribution < 1.29 is 9.50 Å². The van der Waals surface area contributed by atoms with Gasteiger partial charge in [0.1, 0.15) is 5.82 Å². The minimum Gasteiger partial charge on any atom is -0.396 e. The standard InChI is InChI=1S/C16H26FN3O/c1-11(2)10-18-14(5)20-13(4)15(16(17)7-8-16)19-12(3)6-9-21/h10,12,19-21H,1,5-9H2,2-4H3/b15-13+,18-10-. The highest BCUT2D eigenvalue weighted by Crippen LogP contribution is 2.46. The molecular formula is C16H26FN3O. The molecule has 0 saturated heterocycles. The molecule has 1 atom stereocenters. The summed E-state index contributed by atoms with van der Waals surface area (Å²) in [5.41, 5.74) is 0.733. The molecule has 1 aliphatic carbocycles. The normalized spacial score (nSPS) is 18.9. The molecule has 0 radical (unpaired) electrons. The van der Waals surface area contributed by atoms with E-state index in [1.165, 1.54) is 0 Å². The largest absolute Gasteiger partial charge is 0.396 e. The van der Waals surface area contributed by atoms with Crippen molar-refractivity contribution in [3.63, 3.8) is 0 Å². The van der Waals surface area contributed by atoms with Gasteiger partial charge in [0.25, 0.3) is 0 Å². The Kier molecular flexibility index (Phi) is 6.15. The summed E-state index contributed by atoms with van der Waals surface area (Å²) in [6.07, 6.45) is 3.21. The van der Waals surface area contributed by atoms with Crippen molar-refractivity contribution in [1.29, 1.82) is 0 Å². The van der Waals surface area contributed by atoms with Crippen molar-refractivity contribution in [3.8, 4) is 0 Å². The van der Waals surface area contributed by atoms with Crippen LogP contribution in [0.3, 0.4) is 0 Å². The lowest BCUT2D eigenvalue weighted by molar-refractivity contribution is 0.264. The molecular weight excluding hydrogens is 269 g/mol. The lowest BCUT2D eigenvalue weighted by atomic mass is 10.1. The second-order valence-corrected chi connectivity index (χ2v) is 5.70. The van der Waals surface area contributed by atoms with Gasteiger partial charge in [-0.1, -0.05) is 13.2 Å². The Labute approximate surface area is 126 Å². The molecule has 0 aromatic rings. The summed E-state index contributed by atoms with van der Waals surface area (Å²) in [6.45, 7) is 13.1. The number of hydrogen-bond acceptors (Lipinski definition) is 4. The van der Waals surface area contributed by atoms with Crippen LogP contribution in [-0.4, -0.2) is 29.6 Å². The van der Waals surface area contributed by atoms with Gasteiger partial charge in [0.05, 0.1) is 5.70 Å². The number of hydrogen-bond donors (Lipinski definition) is 3. The maximum atomic E-state index is 14.5. The van der Waals surface area contributed by atoms with Crippen LogP contribution in [0.25, 0.3) is 0 Å². The van der Waals surface area contributed by atoms with Gasteiger partial charge in [-0.15, -0.1) is 0 Å². The van der Waals surface area contributed by atoms with Crippen LogP contribution in [0.5, 0.6) is 0 Å². The third-order valence-electron chi connectivity index (χ3n) is 3.24. The second kappa shape index (κ2) is 7.41. The van der Waals surface area contributed by atoms with E-state index in [-0.39, 0.29) is 12.6 Å². The van der Waals surface area contributed by atoms with Crippen LogP contribution in [0.2, 0.25) is 0 Å². The van der Waals surface area contributed by atoms with E-state index in [0.29, 0.717) is 36.5 Å². The number of allylic oxidation sites excluding steroid dienone is 3. The van der Waals surface area contributed by atoms with Crippen molar-refractivity contribution >= 4 is 6.21 Å². The highest BCUT2D eigenvalue weighted by molar-refractivity contribution is 5.77. The fraction of sp³-hybridized carbons (Fsp3) is 0.562. The number of rotatable bonds is 9. The molecule has 1 unspecified atom stereocenters. The molecule has 21 heavy (non-hydrogen) atoms. The first-order valence-corrected chi connectivity index (χ1v) is 7.21. The molecule has 0 aromatic carbocycles.